The fourth-order valence-electron chi connectivity index (χ4n) is 5.59. The number of rotatable bonds is 10. The molecule has 234 valence electrons. The van der Waals surface area contributed by atoms with Crippen LogP contribution in [0, 0.1) is 5.41 Å². The van der Waals surface area contributed by atoms with E-state index in [9.17, 15) is 9.90 Å². The molecule has 2 heterocycles. The third-order valence-electron chi connectivity index (χ3n) is 8.18. The van der Waals surface area contributed by atoms with Crippen LogP contribution < -0.4 is 4.74 Å². The number of aromatic carboxylic acids is 1. The van der Waals surface area contributed by atoms with E-state index in [0.717, 1.165) is 38.9 Å². The Hall–Kier alpha value is -4.49. The summed E-state index contributed by atoms with van der Waals surface area (Å²) in [7, 11) is 0. The molecule has 6 nitrogen and oxygen atoms in total. The van der Waals surface area contributed by atoms with Crippen LogP contribution in [0.25, 0.3) is 23.1 Å². The summed E-state index contributed by atoms with van der Waals surface area (Å²) in [5.41, 5.74) is 5.76. The normalized spacial score (nSPS) is 15.6. The molecular weight excluding hydrogens is 598 g/mol. The summed E-state index contributed by atoms with van der Waals surface area (Å²) in [6, 6.07) is 32.7. The lowest BCUT2D eigenvalue weighted by atomic mass is 9.90. The van der Waals surface area contributed by atoms with Gasteiger partial charge in [0.25, 0.3) is 0 Å². The highest BCUT2D eigenvalue weighted by Crippen LogP contribution is 2.40. The Bertz CT molecular complexity index is 1890. The average Bonchev–Trinajstić information content (AvgIpc) is 3.06. The van der Waals surface area contributed by atoms with Gasteiger partial charge in [0.1, 0.15) is 17.9 Å². The van der Waals surface area contributed by atoms with Crippen molar-refractivity contribution in [3.63, 3.8) is 0 Å². The minimum Gasteiger partial charge on any atom is -0.488 e. The molecule has 1 aliphatic rings. The second-order valence-corrected chi connectivity index (χ2v) is 12.8. The molecule has 4 aromatic carbocycles. The van der Waals surface area contributed by atoms with Gasteiger partial charge in [0.05, 0.1) is 24.4 Å². The first kappa shape index (κ1) is 31.5. The van der Waals surface area contributed by atoms with E-state index in [4.69, 9.17) is 30.8 Å². The Morgan fingerprint density at radius 3 is 2.43 bits per heavy atom. The van der Waals surface area contributed by atoms with Crippen LogP contribution >= 0.6 is 11.6 Å². The Morgan fingerprint density at radius 2 is 1.63 bits per heavy atom. The molecular formula is C39H36ClNO5. The predicted molar refractivity (Wildman–Crippen MR) is 182 cm³/mol. The van der Waals surface area contributed by atoms with Crippen LogP contribution in [0.15, 0.2) is 103 Å². The number of fused-ring (bicyclic) bond motifs is 1. The minimum absolute atomic E-state index is 0.102. The number of para-hydroxylation sites is 1. The van der Waals surface area contributed by atoms with Crippen molar-refractivity contribution < 1.29 is 24.1 Å². The minimum atomic E-state index is -1.02. The number of hydrogen-bond acceptors (Lipinski definition) is 5. The molecule has 0 unspecified atom stereocenters. The van der Waals surface area contributed by atoms with E-state index in [0.29, 0.717) is 36.8 Å². The number of carboxylic acid groups (broad SMARTS) is 1. The lowest BCUT2D eigenvalue weighted by Gasteiger charge is -2.44. The van der Waals surface area contributed by atoms with Crippen molar-refractivity contribution >= 4 is 40.6 Å². The molecule has 6 rings (SSSR count). The molecule has 0 amide bonds. The molecule has 0 atom stereocenters. The first-order chi connectivity index (χ1) is 22.2. The maximum atomic E-state index is 11.7. The predicted octanol–water partition coefficient (Wildman–Crippen LogP) is 9.19. The smallest absolute Gasteiger partial charge is 0.339 e. The van der Waals surface area contributed by atoms with Crippen molar-refractivity contribution in [1.29, 1.82) is 0 Å². The van der Waals surface area contributed by atoms with Gasteiger partial charge in [-0.15, -0.1) is 0 Å². The standard InChI is InChI=1S/C39H36ClNO5/c1-38(2)25-45-39(46-26-38,21-20-28-9-3-4-10-30(28)24-44-36-13-6-5-12-34(36)37(42)43)31-11-7-8-27(22-31)14-18-33-19-16-29-15-17-32(40)23-35(29)41-33/h3-19,22-23H,20-21,24-26H2,1-2H3,(H,42,43)/b18-14+. The molecule has 0 radical (unpaired) electrons. The van der Waals surface area contributed by atoms with Gasteiger partial charge in [0.15, 0.2) is 5.79 Å². The van der Waals surface area contributed by atoms with E-state index in [-0.39, 0.29) is 17.6 Å². The van der Waals surface area contributed by atoms with Crippen molar-refractivity contribution in [2.45, 2.75) is 39.1 Å². The topological polar surface area (TPSA) is 77.9 Å². The van der Waals surface area contributed by atoms with Gasteiger partial charge in [-0.2, -0.15) is 0 Å². The van der Waals surface area contributed by atoms with Gasteiger partial charge < -0.3 is 19.3 Å². The molecule has 1 fully saturated rings. The summed E-state index contributed by atoms with van der Waals surface area (Å²) in [5.74, 6) is -1.60. The van der Waals surface area contributed by atoms with Gasteiger partial charge >= 0.3 is 5.97 Å². The van der Waals surface area contributed by atoms with E-state index < -0.39 is 11.8 Å². The van der Waals surface area contributed by atoms with Crippen LogP contribution in [0.1, 0.15) is 58.6 Å². The number of nitrogens with zero attached hydrogens (tertiary/aromatic N) is 1. The highest BCUT2D eigenvalue weighted by molar-refractivity contribution is 6.31. The highest BCUT2D eigenvalue weighted by Gasteiger charge is 2.42. The number of aryl methyl sites for hydroxylation is 1. The first-order valence-corrected chi connectivity index (χ1v) is 15.7. The van der Waals surface area contributed by atoms with Gasteiger partial charge in [0.2, 0.25) is 0 Å². The first-order valence-electron chi connectivity index (χ1n) is 15.3. The molecule has 1 aliphatic heterocycles. The molecule has 0 aliphatic carbocycles. The van der Waals surface area contributed by atoms with Gasteiger partial charge in [-0.05, 0) is 65.6 Å². The van der Waals surface area contributed by atoms with Gasteiger partial charge in [-0.25, -0.2) is 9.78 Å². The maximum Gasteiger partial charge on any atom is 0.339 e. The van der Waals surface area contributed by atoms with E-state index in [1.807, 2.05) is 66.7 Å². The molecule has 7 heteroatoms. The fraction of sp³-hybridized carbons (Fsp3) is 0.231. The summed E-state index contributed by atoms with van der Waals surface area (Å²) < 4.78 is 19.2. The second-order valence-electron chi connectivity index (χ2n) is 12.4. The fourth-order valence-corrected chi connectivity index (χ4v) is 5.75. The van der Waals surface area contributed by atoms with Gasteiger partial charge in [0, 0.05) is 27.8 Å². The number of benzene rings is 4. The van der Waals surface area contributed by atoms with Gasteiger partial charge in [-0.3, -0.25) is 0 Å². The Labute approximate surface area is 274 Å². The van der Waals surface area contributed by atoms with Crippen molar-refractivity contribution in [1.82, 2.24) is 4.98 Å². The number of ether oxygens (including phenoxy) is 3. The summed E-state index contributed by atoms with van der Waals surface area (Å²) in [6.07, 6.45) is 5.30. The molecule has 5 aromatic rings. The van der Waals surface area contributed by atoms with Crippen LogP contribution in [0.3, 0.4) is 0 Å². The third kappa shape index (κ3) is 7.31. The molecule has 1 saturated heterocycles. The van der Waals surface area contributed by atoms with Crippen molar-refractivity contribution in [3.8, 4) is 5.75 Å². The van der Waals surface area contributed by atoms with Crippen LogP contribution in [0.5, 0.6) is 5.75 Å². The summed E-state index contributed by atoms with van der Waals surface area (Å²) in [6.45, 7) is 5.65. The zero-order valence-corrected chi connectivity index (χ0v) is 26.7. The van der Waals surface area contributed by atoms with Crippen molar-refractivity contribution in [2.24, 2.45) is 5.41 Å². The van der Waals surface area contributed by atoms with Crippen molar-refractivity contribution in [3.05, 3.63) is 142 Å². The average molecular weight is 634 g/mol. The summed E-state index contributed by atoms with van der Waals surface area (Å²) in [4.78, 5) is 16.4. The zero-order valence-electron chi connectivity index (χ0n) is 25.9. The Balaban J connectivity index is 1.23. The quantitative estimate of drug-likeness (QED) is 0.165. The number of hydrogen-bond donors (Lipinski definition) is 1. The molecule has 1 aromatic heterocycles. The second kappa shape index (κ2) is 13.5. The third-order valence-corrected chi connectivity index (χ3v) is 8.42. The lowest BCUT2D eigenvalue weighted by molar-refractivity contribution is -0.310. The molecule has 46 heavy (non-hydrogen) atoms. The van der Waals surface area contributed by atoms with Crippen LogP contribution in [0.4, 0.5) is 0 Å². The van der Waals surface area contributed by atoms with E-state index >= 15 is 0 Å². The Morgan fingerprint density at radius 1 is 0.891 bits per heavy atom. The number of pyridine rings is 1. The van der Waals surface area contributed by atoms with E-state index in [2.05, 4.69) is 38.1 Å². The van der Waals surface area contributed by atoms with E-state index in [1.165, 1.54) is 0 Å². The van der Waals surface area contributed by atoms with Crippen molar-refractivity contribution in [2.75, 3.05) is 13.2 Å². The molecule has 0 spiro atoms. The molecule has 0 saturated carbocycles. The monoisotopic (exact) mass is 633 g/mol. The van der Waals surface area contributed by atoms with Gasteiger partial charge in [-0.1, -0.05) is 98.3 Å². The Kier molecular flexibility index (Phi) is 9.22. The number of carbonyl (C=O) groups is 1. The number of aromatic nitrogens is 1. The number of carboxylic acids is 1. The summed E-state index contributed by atoms with van der Waals surface area (Å²) >= 11 is 6.19. The van der Waals surface area contributed by atoms with Crippen LogP contribution in [0.2, 0.25) is 5.02 Å². The maximum absolute atomic E-state index is 11.7. The largest absolute Gasteiger partial charge is 0.488 e. The highest BCUT2D eigenvalue weighted by atomic mass is 35.5. The van der Waals surface area contributed by atoms with Crippen LogP contribution in [-0.2, 0) is 28.3 Å². The molecule has 1 N–H and O–H groups in total. The van der Waals surface area contributed by atoms with E-state index in [1.54, 1.807) is 24.3 Å². The van der Waals surface area contributed by atoms with Crippen LogP contribution in [-0.4, -0.2) is 29.3 Å². The number of halogens is 1. The summed E-state index contributed by atoms with van der Waals surface area (Å²) in [5, 5.41) is 11.3. The lowest BCUT2D eigenvalue weighted by Crippen LogP contribution is -2.46. The zero-order chi connectivity index (χ0) is 32.1. The SMILES string of the molecule is CC1(C)COC(CCc2ccccc2COc2ccccc2C(=O)O)(c2cccc(/C=C/c3ccc4ccc(Cl)cc4n3)c2)OC1. The molecule has 0 bridgehead atoms.